The van der Waals surface area contributed by atoms with E-state index in [9.17, 15) is 4.79 Å². The van der Waals surface area contributed by atoms with E-state index < -0.39 is 0 Å². The standard InChI is InChI=1S/C12H12ClNO2/c1-7-9(6-15)8-4-10(13)12(16-3)5-11(8)14(7)2/h4-6H,1-3H3. The zero-order valence-corrected chi connectivity index (χ0v) is 10.1. The molecule has 4 heteroatoms. The van der Waals surface area contributed by atoms with Gasteiger partial charge in [0.05, 0.1) is 17.6 Å². The van der Waals surface area contributed by atoms with Crippen molar-refractivity contribution in [1.29, 1.82) is 0 Å². The second-order valence-corrected chi connectivity index (χ2v) is 4.09. The van der Waals surface area contributed by atoms with Gasteiger partial charge in [-0.15, -0.1) is 0 Å². The molecule has 2 aromatic rings. The largest absolute Gasteiger partial charge is 0.495 e. The second-order valence-electron chi connectivity index (χ2n) is 3.68. The van der Waals surface area contributed by atoms with Gasteiger partial charge in [-0.3, -0.25) is 4.79 Å². The fourth-order valence-electron chi connectivity index (χ4n) is 1.90. The molecule has 0 fully saturated rings. The van der Waals surface area contributed by atoms with Crippen LogP contribution in [0, 0.1) is 6.92 Å². The molecule has 1 aromatic heterocycles. The highest BCUT2D eigenvalue weighted by atomic mass is 35.5. The summed E-state index contributed by atoms with van der Waals surface area (Å²) >= 11 is 6.04. The molecule has 1 aromatic carbocycles. The summed E-state index contributed by atoms with van der Waals surface area (Å²) in [5.74, 6) is 0.618. The first kappa shape index (κ1) is 11.0. The maximum absolute atomic E-state index is 11.0. The van der Waals surface area contributed by atoms with Crippen LogP contribution in [0.4, 0.5) is 0 Å². The monoisotopic (exact) mass is 237 g/mol. The molecule has 0 saturated heterocycles. The number of carbonyl (C=O) groups is 1. The van der Waals surface area contributed by atoms with Crippen molar-refractivity contribution in [3.63, 3.8) is 0 Å². The van der Waals surface area contributed by atoms with Gasteiger partial charge >= 0.3 is 0 Å². The number of carbonyl (C=O) groups excluding carboxylic acids is 1. The van der Waals surface area contributed by atoms with Crippen molar-refractivity contribution in [2.45, 2.75) is 6.92 Å². The molecule has 0 saturated carbocycles. The molecule has 84 valence electrons. The molecule has 0 unspecified atom stereocenters. The summed E-state index contributed by atoms with van der Waals surface area (Å²) in [6.45, 7) is 1.91. The topological polar surface area (TPSA) is 31.2 Å². The lowest BCUT2D eigenvalue weighted by atomic mass is 10.1. The van der Waals surface area contributed by atoms with E-state index in [0.29, 0.717) is 16.3 Å². The number of hydrogen-bond donors (Lipinski definition) is 0. The van der Waals surface area contributed by atoms with Gasteiger partial charge in [-0.1, -0.05) is 11.6 Å². The summed E-state index contributed by atoms with van der Waals surface area (Å²) in [6.07, 6.45) is 0.862. The minimum absolute atomic E-state index is 0.517. The normalized spacial score (nSPS) is 10.8. The van der Waals surface area contributed by atoms with Crippen molar-refractivity contribution in [1.82, 2.24) is 4.57 Å². The van der Waals surface area contributed by atoms with E-state index in [-0.39, 0.29) is 0 Å². The molecular formula is C12H12ClNO2. The van der Waals surface area contributed by atoms with Gasteiger partial charge < -0.3 is 9.30 Å². The number of ether oxygens (including phenoxy) is 1. The van der Waals surface area contributed by atoms with Crippen LogP contribution in [-0.2, 0) is 7.05 Å². The number of rotatable bonds is 2. The Balaban J connectivity index is 2.90. The van der Waals surface area contributed by atoms with Gasteiger partial charge in [0.2, 0.25) is 0 Å². The van der Waals surface area contributed by atoms with E-state index >= 15 is 0 Å². The smallest absolute Gasteiger partial charge is 0.152 e. The number of aromatic nitrogens is 1. The van der Waals surface area contributed by atoms with Crippen molar-refractivity contribution in [2.75, 3.05) is 7.11 Å². The lowest BCUT2D eigenvalue weighted by molar-refractivity contribution is 0.112. The quantitative estimate of drug-likeness (QED) is 0.752. The Morgan fingerprint density at radius 2 is 2.12 bits per heavy atom. The summed E-state index contributed by atoms with van der Waals surface area (Å²) in [5.41, 5.74) is 2.55. The Morgan fingerprint density at radius 1 is 1.44 bits per heavy atom. The average Bonchev–Trinajstić information content (AvgIpc) is 2.50. The number of methoxy groups -OCH3 is 1. The third-order valence-corrected chi connectivity index (χ3v) is 3.23. The molecule has 0 atom stereocenters. The van der Waals surface area contributed by atoms with Crippen LogP contribution in [0.3, 0.4) is 0 Å². The number of benzene rings is 1. The molecule has 0 aliphatic rings. The number of aldehydes is 1. The van der Waals surface area contributed by atoms with E-state index in [1.54, 1.807) is 13.2 Å². The zero-order chi connectivity index (χ0) is 11.9. The Kier molecular flexibility index (Phi) is 2.64. The van der Waals surface area contributed by atoms with Crippen LogP contribution in [0.15, 0.2) is 12.1 Å². The van der Waals surface area contributed by atoms with Gasteiger partial charge in [-0.25, -0.2) is 0 Å². The van der Waals surface area contributed by atoms with Crippen molar-refractivity contribution in [3.8, 4) is 5.75 Å². The molecular weight excluding hydrogens is 226 g/mol. The average molecular weight is 238 g/mol. The predicted molar refractivity (Wildman–Crippen MR) is 64.6 cm³/mol. The van der Waals surface area contributed by atoms with Gasteiger partial charge in [0.25, 0.3) is 0 Å². The number of nitrogens with zero attached hydrogens (tertiary/aromatic N) is 1. The van der Waals surface area contributed by atoms with Gasteiger partial charge in [0, 0.05) is 29.8 Å². The van der Waals surface area contributed by atoms with Crippen LogP contribution in [0.5, 0.6) is 5.75 Å². The molecule has 0 bridgehead atoms. The number of aryl methyl sites for hydroxylation is 1. The molecule has 0 spiro atoms. The lowest BCUT2D eigenvalue weighted by Gasteiger charge is -2.04. The highest BCUT2D eigenvalue weighted by Crippen LogP contribution is 2.33. The highest BCUT2D eigenvalue weighted by molar-refractivity contribution is 6.33. The minimum Gasteiger partial charge on any atom is -0.495 e. The Morgan fingerprint density at radius 3 is 2.69 bits per heavy atom. The van der Waals surface area contributed by atoms with Crippen molar-refractivity contribution >= 4 is 28.8 Å². The first-order chi connectivity index (χ1) is 7.60. The number of halogens is 1. The maximum atomic E-state index is 11.0. The van der Waals surface area contributed by atoms with E-state index in [4.69, 9.17) is 16.3 Å². The highest BCUT2D eigenvalue weighted by Gasteiger charge is 2.14. The maximum Gasteiger partial charge on any atom is 0.152 e. The molecule has 0 amide bonds. The van der Waals surface area contributed by atoms with Crippen molar-refractivity contribution < 1.29 is 9.53 Å². The van der Waals surface area contributed by atoms with Crippen LogP contribution in [0.1, 0.15) is 16.1 Å². The number of fused-ring (bicyclic) bond motifs is 1. The zero-order valence-electron chi connectivity index (χ0n) is 9.37. The molecule has 0 N–H and O–H groups in total. The fourth-order valence-corrected chi connectivity index (χ4v) is 2.14. The van der Waals surface area contributed by atoms with Gasteiger partial charge in [0.15, 0.2) is 6.29 Å². The second kappa shape index (κ2) is 3.83. The molecule has 0 aliphatic heterocycles. The summed E-state index contributed by atoms with van der Waals surface area (Å²) < 4.78 is 7.11. The molecule has 2 rings (SSSR count). The Hall–Kier alpha value is -1.48. The minimum atomic E-state index is 0.517. The molecule has 1 heterocycles. The third-order valence-electron chi connectivity index (χ3n) is 2.93. The van der Waals surface area contributed by atoms with Crippen LogP contribution >= 0.6 is 11.6 Å². The van der Waals surface area contributed by atoms with Gasteiger partial charge in [0.1, 0.15) is 5.75 Å². The van der Waals surface area contributed by atoms with E-state index in [0.717, 1.165) is 22.9 Å². The summed E-state index contributed by atoms with van der Waals surface area (Å²) in [6, 6.07) is 3.62. The molecule has 16 heavy (non-hydrogen) atoms. The van der Waals surface area contributed by atoms with Crippen LogP contribution < -0.4 is 4.74 Å². The third kappa shape index (κ3) is 1.39. The predicted octanol–water partition coefficient (Wildman–Crippen LogP) is 2.96. The van der Waals surface area contributed by atoms with E-state index in [1.165, 1.54) is 0 Å². The first-order valence-electron chi connectivity index (χ1n) is 4.87. The first-order valence-corrected chi connectivity index (χ1v) is 5.25. The molecule has 0 aliphatic carbocycles. The van der Waals surface area contributed by atoms with E-state index in [1.807, 2.05) is 24.6 Å². The lowest BCUT2D eigenvalue weighted by Crippen LogP contribution is -1.91. The fraction of sp³-hybridized carbons (Fsp3) is 0.250. The summed E-state index contributed by atoms with van der Waals surface area (Å²) in [7, 11) is 3.49. The van der Waals surface area contributed by atoms with Crippen LogP contribution in [0.25, 0.3) is 10.9 Å². The van der Waals surface area contributed by atoms with Gasteiger partial charge in [-0.2, -0.15) is 0 Å². The number of hydrogen-bond acceptors (Lipinski definition) is 2. The summed E-state index contributed by atoms with van der Waals surface area (Å²) in [4.78, 5) is 11.0. The van der Waals surface area contributed by atoms with E-state index in [2.05, 4.69) is 0 Å². The Bertz CT molecular complexity index is 572. The SMILES string of the molecule is COc1cc2c(cc1Cl)c(C=O)c(C)n2C. The van der Waals surface area contributed by atoms with Gasteiger partial charge in [-0.05, 0) is 13.0 Å². The molecule has 3 nitrogen and oxygen atoms in total. The van der Waals surface area contributed by atoms with Crippen LogP contribution in [0.2, 0.25) is 5.02 Å². The van der Waals surface area contributed by atoms with Crippen LogP contribution in [-0.4, -0.2) is 18.0 Å². The Labute approximate surface area is 98.6 Å². The molecule has 0 radical (unpaired) electrons. The van der Waals surface area contributed by atoms with Crippen molar-refractivity contribution in [3.05, 3.63) is 28.4 Å². The summed E-state index contributed by atoms with van der Waals surface area (Å²) in [5, 5.41) is 1.38. The van der Waals surface area contributed by atoms with Crippen molar-refractivity contribution in [2.24, 2.45) is 7.05 Å².